The molecule has 7 heteroatoms. The van der Waals surface area contributed by atoms with E-state index in [1.807, 2.05) is 31.4 Å². The first kappa shape index (κ1) is 13.4. The van der Waals surface area contributed by atoms with Gasteiger partial charge in [0.25, 0.3) is 11.8 Å². The van der Waals surface area contributed by atoms with E-state index in [1.165, 1.54) is 11.3 Å². The smallest absolute Gasteiger partial charge is 0.322 e. The Balaban J connectivity index is 1.75. The summed E-state index contributed by atoms with van der Waals surface area (Å²) in [5, 5.41) is 13.0. The van der Waals surface area contributed by atoms with Crippen LogP contribution in [0.15, 0.2) is 34.1 Å². The van der Waals surface area contributed by atoms with E-state index in [-0.39, 0.29) is 11.9 Å². The average molecular weight is 300 g/mol. The Morgan fingerprint density at radius 1 is 1.19 bits per heavy atom. The minimum absolute atomic E-state index is 0.0567. The minimum Gasteiger partial charge on any atom is -0.401 e. The van der Waals surface area contributed by atoms with E-state index in [1.54, 1.807) is 12.1 Å². The number of thiazole rings is 1. The van der Waals surface area contributed by atoms with E-state index in [9.17, 15) is 4.79 Å². The van der Waals surface area contributed by atoms with Crippen molar-refractivity contribution in [1.82, 2.24) is 15.2 Å². The van der Waals surface area contributed by atoms with Crippen molar-refractivity contribution in [2.45, 2.75) is 13.8 Å². The van der Waals surface area contributed by atoms with Crippen LogP contribution in [0.25, 0.3) is 11.6 Å². The highest BCUT2D eigenvalue weighted by molar-refractivity contribution is 7.09. The van der Waals surface area contributed by atoms with E-state index in [2.05, 4.69) is 20.5 Å². The lowest BCUT2D eigenvalue weighted by Gasteiger charge is -2.00. The molecule has 1 amide bonds. The highest BCUT2D eigenvalue weighted by Gasteiger charge is 2.14. The van der Waals surface area contributed by atoms with Crippen LogP contribution >= 0.6 is 11.3 Å². The van der Waals surface area contributed by atoms with Crippen LogP contribution < -0.4 is 5.32 Å². The molecular formula is C14H12N4O2S. The van der Waals surface area contributed by atoms with E-state index in [4.69, 9.17) is 4.42 Å². The number of hydrogen-bond acceptors (Lipinski definition) is 6. The fourth-order valence-electron chi connectivity index (χ4n) is 1.71. The summed E-state index contributed by atoms with van der Waals surface area (Å²) in [5.41, 5.74) is 2.23. The van der Waals surface area contributed by atoms with Crippen LogP contribution in [0.5, 0.6) is 0 Å². The molecule has 0 bridgehead atoms. The standard InChI is InChI=1S/C14H12N4O2S/c1-8-3-5-10(6-4-8)12(19)16-14-18-17-13(20-14)11-7-21-9(2)15-11/h3-7H,1-2H3,(H,16,18,19). The summed E-state index contributed by atoms with van der Waals surface area (Å²) in [6, 6.07) is 7.27. The molecule has 0 saturated heterocycles. The number of carbonyl (C=O) groups is 1. The number of benzene rings is 1. The second kappa shape index (κ2) is 5.45. The number of aryl methyl sites for hydroxylation is 2. The Morgan fingerprint density at radius 3 is 2.62 bits per heavy atom. The number of aromatic nitrogens is 3. The highest BCUT2D eigenvalue weighted by atomic mass is 32.1. The van der Waals surface area contributed by atoms with Crippen LogP contribution in [0.3, 0.4) is 0 Å². The number of hydrogen-bond donors (Lipinski definition) is 1. The lowest BCUT2D eigenvalue weighted by molar-refractivity contribution is 0.102. The fraction of sp³-hybridized carbons (Fsp3) is 0.143. The van der Waals surface area contributed by atoms with Crippen LogP contribution in [0.1, 0.15) is 20.9 Å². The van der Waals surface area contributed by atoms with Gasteiger partial charge in [0.15, 0.2) is 0 Å². The maximum atomic E-state index is 12.0. The van der Waals surface area contributed by atoms with Crippen molar-refractivity contribution in [1.29, 1.82) is 0 Å². The summed E-state index contributed by atoms with van der Waals surface area (Å²) in [6.07, 6.45) is 0. The Morgan fingerprint density at radius 2 is 1.95 bits per heavy atom. The topological polar surface area (TPSA) is 80.9 Å². The SMILES string of the molecule is Cc1ccc(C(=O)Nc2nnc(-c3csc(C)n3)o2)cc1. The van der Waals surface area contributed by atoms with Gasteiger partial charge in [0.05, 0.1) is 5.01 Å². The molecule has 6 nitrogen and oxygen atoms in total. The molecule has 21 heavy (non-hydrogen) atoms. The molecule has 0 spiro atoms. The number of carbonyl (C=O) groups excluding carboxylic acids is 1. The predicted molar refractivity (Wildman–Crippen MR) is 79.3 cm³/mol. The molecule has 1 N–H and O–H groups in total. The molecule has 106 valence electrons. The lowest BCUT2D eigenvalue weighted by atomic mass is 10.1. The third kappa shape index (κ3) is 2.97. The number of amides is 1. The molecule has 1 aromatic carbocycles. The molecule has 0 atom stereocenters. The second-order valence-electron chi connectivity index (χ2n) is 4.48. The van der Waals surface area contributed by atoms with Gasteiger partial charge in [-0.2, -0.15) is 0 Å². The van der Waals surface area contributed by atoms with E-state index in [0.29, 0.717) is 17.1 Å². The van der Waals surface area contributed by atoms with Crippen molar-refractivity contribution in [2.24, 2.45) is 0 Å². The monoisotopic (exact) mass is 300 g/mol. The predicted octanol–water partition coefficient (Wildman–Crippen LogP) is 3.06. The molecule has 0 aliphatic carbocycles. The molecule has 0 fully saturated rings. The van der Waals surface area contributed by atoms with Gasteiger partial charge in [-0.15, -0.1) is 16.4 Å². The zero-order valence-electron chi connectivity index (χ0n) is 11.5. The summed E-state index contributed by atoms with van der Waals surface area (Å²) in [7, 11) is 0. The van der Waals surface area contributed by atoms with Gasteiger partial charge < -0.3 is 4.42 Å². The lowest BCUT2D eigenvalue weighted by Crippen LogP contribution is -2.11. The molecule has 3 rings (SSSR count). The maximum absolute atomic E-state index is 12.0. The Hall–Kier alpha value is -2.54. The zero-order chi connectivity index (χ0) is 14.8. The van der Waals surface area contributed by atoms with Crippen LogP contribution in [0, 0.1) is 13.8 Å². The Bertz CT molecular complexity index is 776. The van der Waals surface area contributed by atoms with Gasteiger partial charge >= 0.3 is 6.01 Å². The molecule has 0 aliphatic rings. The van der Waals surface area contributed by atoms with Crippen molar-refractivity contribution >= 4 is 23.3 Å². The Labute approximate surface area is 124 Å². The molecule has 0 aliphatic heterocycles. The van der Waals surface area contributed by atoms with E-state index >= 15 is 0 Å². The van der Waals surface area contributed by atoms with Gasteiger partial charge in [0, 0.05) is 10.9 Å². The summed E-state index contributed by atoms with van der Waals surface area (Å²) in [4.78, 5) is 16.3. The van der Waals surface area contributed by atoms with E-state index < -0.39 is 0 Å². The minimum atomic E-state index is -0.292. The third-order valence-electron chi connectivity index (χ3n) is 2.80. The van der Waals surface area contributed by atoms with Gasteiger partial charge in [-0.05, 0) is 26.0 Å². The van der Waals surface area contributed by atoms with Gasteiger partial charge in [0.1, 0.15) is 5.69 Å². The molecule has 2 heterocycles. The van der Waals surface area contributed by atoms with Crippen molar-refractivity contribution in [3.63, 3.8) is 0 Å². The van der Waals surface area contributed by atoms with Crippen LogP contribution in [0.4, 0.5) is 6.01 Å². The number of nitrogens with one attached hydrogen (secondary N) is 1. The Kier molecular flexibility index (Phi) is 3.49. The number of rotatable bonds is 3. The third-order valence-corrected chi connectivity index (χ3v) is 3.57. The zero-order valence-corrected chi connectivity index (χ0v) is 12.3. The largest absolute Gasteiger partial charge is 0.401 e. The van der Waals surface area contributed by atoms with Crippen molar-refractivity contribution in [3.05, 3.63) is 45.8 Å². The number of nitrogens with zero attached hydrogens (tertiary/aromatic N) is 3. The first-order valence-electron chi connectivity index (χ1n) is 6.26. The van der Waals surface area contributed by atoms with Crippen LogP contribution in [0.2, 0.25) is 0 Å². The summed E-state index contributed by atoms with van der Waals surface area (Å²) in [6.45, 7) is 3.85. The quantitative estimate of drug-likeness (QED) is 0.804. The normalized spacial score (nSPS) is 10.6. The van der Waals surface area contributed by atoms with Gasteiger partial charge in [-0.3, -0.25) is 10.1 Å². The maximum Gasteiger partial charge on any atom is 0.322 e. The molecule has 0 saturated carbocycles. The second-order valence-corrected chi connectivity index (χ2v) is 5.55. The van der Waals surface area contributed by atoms with Crippen molar-refractivity contribution < 1.29 is 9.21 Å². The van der Waals surface area contributed by atoms with Gasteiger partial charge in [-0.1, -0.05) is 22.8 Å². The summed E-state index contributed by atoms with van der Waals surface area (Å²) >= 11 is 1.49. The van der Waals surface area contributed by atoms with Crippen molar-refractivity contribution in [3.8, 4) is 11.6 Å². The van der Waals surface area contributed by atoms with Crippen LogP contribution in [-0.2, 0) is 0 Å². The van der Waals surface area contributed by atoms with Crippen molar-refractivity contribution in [2.75, 3.05) is 5.32 Å². The summed E-state index contributed by atoms with van der Waals surface area (Å²) < 4.78 is 5.39. The summed E-state index contributed by atoms with van der Waals surface area (Å²) in [5.74, 6) is -0.00165. The highest BCUT2D eigenvalue weighted by Crippen LogP contribution is 2.21. The fourth-order valence-corrected chi connectivity index (χ4v) is 2.30. The average Bonchev–Trinajstić information content (AvgIpc) is 3.08. The van der Waals surface area contributed by atoms with Gasteiger partial charge in [0.2, 0.25) is 0 Å². The number of anilines is 1. The van der Waals surface area contributed by atoms with Crippen LogP contribution in [-0.4, -0.2) is 21.1 Å². The molecule has 0 radical (unpaired) electrons. The first-order chi connectivity index (χ1) is 10.1. The first-order valence-corrected chi connectivity index (χ1v) is 7.14. The molecular weight excluding hydrogens is 288 g/mol. The van der Waals surface area contributed by atoms with Gasteiger partial charge in [-0.25, -0.2) is 4.98 Å². The molecule has 2 aromatic heterocycles. The molecule has 3 aromatic rings. The van der Waals surface area contributed by atoms with E-state index in [0.717, 1.165) is 10.6 Å². The molecule has 0 unspecified atom stereocenters.